The fourth-order valence-corrected chi connectivity index (χ4v) is 1.31. The molecule has 1 atom stereocenters. The van der Waals surface area contributed by atoms with Crippen LogP contribution in [0.3, 0.4) is 0 Å². The van der Waals surface area contributed by atoms with Gasteiger partial charge in [0.15, 0.2) is 0 Å². The number of carbonyl (C=O) groups excluding carboxylic acids is 1. The van der Waals surface area contributed by atoms with Gasteiger partial charge in [-0.2, -0.15) is 0 Å². The molecule has 0 radical (unpaired) electrons. The molecule has 0 unspecified atom stereocenters. The molecule has 1 amide bonds. The topological polar surface area (TPSA) is 75.4 Å². The molecule has 0 bridgehead atoms. The molecule has 1 rings (SSSR count). The summed E-state index contributed by atoms with van der Waals surface area (Å²) in [7, 11) is 0. The van der Waals surface area contributed by atoms with Crippen LogP contribution in [-0.2, 0) is 4.79 Å². The summed E-state index contributed by atoms with van der Waals surface area (Å²) in [6.45, 7) is 3.47. The van der Waals surface area contributed by atoms with Gasteiger partial charge in [0.05, 0.1) is 6.61 Å². The normalized spacial score (nSPS) is 12.3. The third-order valence-corrected chi connectivity index (χ3v) is 2.26. The lowest BCUT2D eigenvalue weighted by Gasteiger charge is -2.13. The van der Waals surface area contributed by atoms with Gasteiger partial charge in [0.1, 0.15) is 6.04 Å². The molecule has 15 heavy (non-hydrogen) atoms. The van der Waals surface area contributed by atoms with Crippen LogP contribution in [0.4, 0.5) is 5.69 Å². The first kappa shape index (κ1) is 11.7. The molecular formula is C11H16N2O2. The van der Waals surface area contributed by atoms with Crippen LogP contribution in [0.15, 0.2) is 18.2 Å². The molecule has 1 aromatic rings. The largest absolute Gasteiger partial charge is 0.394 e. The van der Waals surface area contributed by atoms with Gasteiger partial charge in [0.2, 0.25) is 5.91 Å². The van der Waals surface area contributed by atoms with Gasteiger partial charge in [-0.25, -0.2) is 0 Å². The molecule has 0 aromatic heterocycles. The van der Waals surface area contributed by atoms with Crippen LogP contribution in [0.1, 0.15) is 11.1 Å². The number of hydrogen-bond donors (Lipinski definition) is 3. The number of nitrogens with two attached hydrogens (primary N) is 1. The number of aliphatic hydroxyl groups excluding tert-OH is 1. The van der Waals surface area contributed by atoms with E-state index in [9.17, 15) is 4.79 Å². The average Bonchev–Trinajstić information content (AvgIpc) is 2.22. The van der Waals surface area contributed by atoms with Crippen molar-refractivity contribution >= 4 is 11.6 Å². The summed E-state index contributed by atoms with van der Waals surface area (Å²) in [6.07, 6.45) is 0. The zero-order valence-electron chi connectivity index (χ0n) is 8.95. The Balaban J connectivity index is 2.85. The first-order valence-electron chi connectivity index (χ1n) is 4.79. The van der Waals surface area contributed by atoms with Gasteiger partial charge in [-0.3, -0.25) is 4.79 Å². The van der Waals surface area contributed by atoms with Gasteiger partial charge in [0.25, 0.3) is 0 Å². The SMILES string of the molecule is Cc1cccc(C)c1NC(=O)[C@@H](N)CO. The Morgan fingerprint density at radius 3 is 2.47 bits per heavy atom. The number of hydrogen-bond acceptors (Lipinski definition) is 3. The number of aliphatic hydroxyl groups is 1. The third-order valence-electron chi connectivity index (χ3n) is 2.26. The highest BCUT2D eigenvalue weighted by Crippen LogP contribution is 2.19. The maximum Gasteiger partial charge on any atom is 0.243 e. The zero-order chi connectivity index (χ0) is 11.4. The van der Waals surface area contributed by atoms with Crippen LogP contribution < -0.4 is 11.1 Å². The second-order valence-electron chi connectivity index (χ2n) is 3.55. The molecule has 1 aromatic carbocycles. The van der Waals surface area contributed by atoms with Crippen molar-refractivity contribution in [3.8, 4) is 0 Å². The van der Waals surface area contributed by atoms with Gasteiger partial charge in [-0.1, -0.05) is 18.2 Å². The highest BCUT2D eigenvalue weighted by atomic mass is 16.3. The Morgan fingerprint density at radius 2 is 2.00 bits per heavy atom. The van der Waals surface area contributed by atoms with E-state index >= 15 is 0 Å². The lowest BCUT2D eigenvalue weighted by molar-refractivity contribution is -0.118. The maximum atomic E-state index is 11.5. The second kappa shape index (κ2) is 4.91. The number of para-hydroxylation sites is 1. The molecule has 82 valence electrons. The molecule has 0 saturated carbocycles. The van der Waals surface area contributed by atoms with Gasteiger partial charge in [0, 0.05) is 5.69 Å². The molecule has 0 aliphatic rings. The average molecular weight is 208 g/mol. The summed E-state index contributed by atoms with van der Waals surface area (Å²) in [5.74, 6) is -0.366. The molecular weight excluding hydrogens is 192 g/mol. The first-order chi connectivity index (χ1) is 7.06. The Kier molecular flexibility index (Phi) is 3.82. The van der Waals surface area contributed by atoms with Gasteiger partial charge in [-0.15, -0.1) is 0 Å². The molecule has 0 aliphatic heterocycles. The van der Waals surface area contributed by atoms with E-state index in [1.54, 1.807) is 0 Å². The summed E-state index contributed by atoms with van der Waals surface area (Å²) in [6, 6.07) is 4.87. The van der Waals surface area contributed by atoms with E-state index in [1.807, 2.05) is 32.0 Å². The zero-order valence-corrected chi connectivity index (χ0v) is 8.95. The molecule has 0 aliphatic carbocycles. The molecule has 4 N–H and O–H groups in total. The Hall–Kier alpha value is -1.39. The molecule has 4 heteroatoms. The van der Waals surface area contributed by atoms with E-state index in [0.29, 0.717) is 0 Å². The minimum atomic E-state index is -0.871. The number of carbonyl (C=O) groups is 1. The first-order valence-corrected chi connectivity index (χ1v) is 4.79. The van der Waals surface area contributed by atoms with Crippen LogP contribution in [0.2, 0.25) is 0 Å². The fraction of sp³-hybridized carbons (Fsp3) is 0.364. The summed E-state index contributed by atoms with van der Waals surface area (Å²) < 4.78 is 0. The lowest BCUT2D eigenvalue weighted by Crippen LogP contribution is -2.38. The van der Waals surface area contributed by atoms with Crippen LogP contribution in [0.5, 0.6) is 0 Å². The highest BCUT2D eigenvalue weighted by molar-refractivity contribution is 5.96. The van der Waals surface area contributed by atoms with Gasteiger partial charge in [-0.05, 0) is 25.0 Å². The van der Waals surface area contributed by atoms with Crippen LogP contribution >= 0.6 is 0 Å². The lowest BCUT2D eigenvalue weighted by atomic mass is 10.1. The fourth-order valence-electron chi connectivity index (χ4n) is 1.31. The summed E-state index contributed by atoms with van der Waals surface area (Å²) in [5, 5.41) is 11.4. The van der Waals surface area contributed by atoms with Crippen LogP contribution in [0, 0.1) is 13.8 Å². The van der Waals surface area contributed by atoms with E-state index in [1.165, 1.54) is 0 Å². The van der Waals surface area contributed by atoms with Crippen molar-refractivity contribution < 1.29 is 9.90 Å². The number of rotatable bonds is 3. The van der Waals surface area contributed by atoms with E-state index in [0.717, 1.165) is 16.8 Å². The van der Waals surface area contributed by atoms with Gasteiger partial charge < -0.3 is 16.2 Å². The monoisotopic (exact) mass is 208 g/mol. The van der Waals surface area contributed by atoms with E-state index in [-0.39, 0.29) is 12.5 Å². The Bertz CT molecular complexity index is 343. The van der Waals surface area contributed by atoms with Crippen molar-refractivity contribution in [2.24, 2.45) is 5.73 Å². The van der Waals surface area contributed by atoms with E-state index < -0.39 is 6.04 Å². The molecule has 0 saturated heterocycles. The van der Waals surface area contributed by atoms with Gasteiger partial charge >= 0.3 is 0 Å². The predicted molar refractivity (Wildman–Crippen MR) is 59.6 cm³/mol. The minimum Gasteiger partial charge on any atom is -0.394 e. The van der Waals surface area contributed by atoms with Crippen molar-refractivity contribution in [1.29, 1.82) is 0 Å². The molecule has 0 heterocycles. The summed E-state index contributed by atoms with van der Waals surface area (Å²) >= 11 is 0. The van der Waals surface area contributed by atoms with Crippen molar-refractivity contribution in [3.05, 3.63) is 29.3 Å². The molecule has 0 spiro atoms. The summed E-state index contributed by atoms with van der Waals surface area (Å²) in [5.41, 5.74) is 8.13. The number of nitrogens with one attached hydrogen (secondary N) is 1. The maximum absolute atomic E-state index is 11.5. The standard InChI is InChI=1S/C11H16N2O2/c1-7-4-3-5-8(2)10(7)13-11(15)9(12)6-14/h3-5,9,14H,6,12H2,1-2H3,(H,13,15)/t9-/m0/s1. The van der Waals surface area contributed by atoms with E-state index in [2.05, 4.69) is 5.32 Å². The van der Waals surface area contributed by atoms with Crippen molar-refractivity contribution in [2.45, 2.75) is 19.9 Å². The number of benzene rings is 1. The molecule has 4 nitrogen and oxygen atoms in total. The van der Waals surface area contributed by atoms with Crippen molar-refractivity contribution in [1.82, 2.24) is 0 Å². The predicted octanol–water partition coefficient (Wildman–Crippen LogP) is 0.562. The van der Waals surface area contributed by atoms with Crippen LogP contribution in [0.25, 0.3) is 0 Å². The molecule has 0 fully saturated rings. The minimum absolute atomic E-state index is 0.350. The quantitative estimate of drug-likeness (QED) is 0.679. The number of aryl methyl sites for hydroxylation is 2. The van der Waals surface area contributed by atoms with Crippen molar-refractivity contribution in [2.75, 3.05) is 11.9 Å². The van der Waals surface area contributed by atoms with Crippen LogP contribution in [-0.4, -0.2) is 23.7 Å². The Labute approximate surface area is 89.1 Å². The smallest absolute Gasteiger partial charge is 0.243 e. The summed E-state index contributed by atoms with van der Waals surface area (Å²) in [4.78, 5) is 11.5. The highest BCUT2D eigenvalue weighted by Gasteiger charge is 2.13. The Morgan fingerprint density at radius 1 is 1.47 bits per heavy atom. The second-order valence-corrected chi connectivity index (χ2v) is 3.55. The number of amides is 1. The van der Waals surface area contributed by atoms with Crippen molar-refractivity contribution in [3.63, 3.8) is 0 Å². The van der Waals surface area contributed by atoms with E-state index in [4.69, 9.17) is 10.8 Å². The number of anilines is 1. The third kappa shape index (κ3) is 2.78.